The van der Waals surface area contributed by atoms with E-state index >= 15 is 0 Å². The summed E-state index contributed by atoms with van der Waals surface area (Å²) in [5.41, 5.74) is 0.337. The molecule has 1 atom stereocenters. The first-order valence-electron chi connectivity index (χ1n) is 7.32. The largest absolute Gasteiger partial charge is 0.480 e. The number of carboxylic acid groups (broad SMARTS) is 1. The number of carboxylic acids is 1. The summed E-state index contributed by atoms with van der Waals surface area (Å²) in [5, 5.41) is 11.8. The summed E-state index contributed by atoms with van der Waals surface area (Å²) < 4.78 is 6.49. The Kier molecular flexibility index (Phi) is 5.86. The van der Waals surface area contributed by atoms with Crippen LogP contribution >= 0.6 is 0 Å². The first kappa shape index (κ1) is 17.4. The number of carbonyl (C=O) groups is 2. The second-order valence-corrected chi connectivity index (χ2v) is 5.17. The van der Waals surface area contributed by atoms with E-state index in [0.29, 0.717) is 0 Å². The highest BCUT2D eigenvalue weighted by Gasteiger charge is 2.22. The summed E-state index contributed by atoms with van der Waals surface area (Å²) in [5.74, 6) is -1.60. The first-order valence-corrected chi connectivity index (χ1v) is 7.32. The van der Waals surface area contributed by atoms with Gasteiger partial charge in [0.2, 0.25) is 5.91 Å². The molecule has 0 bridgehead atoms. The van der Waals surface area contributed by atoms with Gasteiger partial charge in [0.1, 0.15) is 5.69 Å². The molecule has 0 fully saturated rings. The summed E-state index contributed by atoms with van der Waals surface area (Å²) in [4.78, 5) is 34.9. The molecule has 0 spiro atoms. The number of carbonyl (C=O) groups excluding carboxylic acids is 1. The van der Waals surface area contributed by atoms with Crippen LogP contribution in [-0.2, 0) is 20.9 Å². The van der Waals surface area contributed by atoms with Gasteiger partial charge in [0.15, 0.2) is 6.04 Å². The fourth-order valence-corrected chi connectivity index (χ4v) is 2.17. The quantitative estimate of drug-likeness (QED) is 0.804. The zero-order valence-electron chi connectivity index (χ0n) is 13.1. The zero-order valence-corrected chi connectivity index (χ0v) is 13.1. The van der Waals surface area contributed by atoms with Gasteiger partial charge in [-0.15, -0.1) is 0 Å². The first-order chi connectivity index (χ1) is 11.5. The molecule has 0 aliphatic heterocycles. The molecular formula is C17H18N2O5. The monoisotopic (exact) mass is 330 g/mol. The lowest BCUT2D eigenvalue weighted by atomic mass is 10.2. The zero-order chi connectivity index (χ0) is 17.5. The van der Waals surface area contributed by atoms with Crippen molar-refractivity contribution < 1.29 is 19.4 Å². The van der Waals surface area contributed by atoms with E-state index in [2.05, 4.69) is 5.32 Å². The molecule has 2 N–H and O–H groups in total. The highest BCUT2D eigenvalue weighted by Crippen LogP contribution is 2.10. The van der Waals surface area contributed by atoms with E-state index in [0.717, 1.165) is 10.1 Å². The van der Waals surface area contributed by atoms with Crippen molar-refractivity contribution in [3.05, 3.63) is 64.6 Å². The van der Waals surface area contributed by atoms with Crippen LogP contribution in [0.2, 0.25) is 0 Å². The van der Waals surface area contributed by atoms with Crippen molar-refractivity contribution in [3.63, 3.8) is 0 Å². The van der Waals surface area contributed by atoms with E-state index in [1.54, 1.807) is 0 Å². The molecule has 0 aliphatic rings. The van der Waals surface area contributed by atoms with Crippen LogP contribution in [0.15, 0.2) is 53.5 Å². The summed E-state index contributed by atoms with van der Waals surface area (Å²) in [7, 11) is 0. The molecule has 126 valence electrons. The predicted molar refractivity (Wildman–Crippen MR) is 87.8 cm³/mol. The van der Waals surface area contributed by atoms with Crippen LogP contribution in [0.4, 0.5) is 5.69 Å². The second kappa shape index (κ2) is 8.07. The molecule has 2 aromatic rings. The van der Waals surface area contributed by atoms with Gasteiger partial charge in [0.25, 0.3) is 5.56 Å². The normalized spacial score (nSPS) is 11.7. The number of amides is 1. The van der Waals surface area contributed by atoms with E-state index in [1.165, 1.54) is 25.3 Å². The Morgan fingerprint density at radius 2 is 1.92 bits per heavy atom. The molecule has 0 saturated heterocycles. The van der Waals surface area contributed by atoms with Crippen molar-refractivity contribution in [2.45, 2.75) is 19.6 Å². The smallest absolute Gasteiger partial charge is 0.329 e. The lowest BCUT2D eigenvalue weighted by Crippen LogP contribution is -2.34. The molecule has 7 heteroatoms. The number of anilines is 1. The van der Waals surface area contributed by atoms with Crippen molar-refractivity contribution >= 4 is 17.6 Å². The van der Waals surface area contributed by atoms with Gasteiger partial charge in [0, 0.05) is 13.1 Å². The molecule has 0 aliphatic carbocycles. The topological polar surface area (TPSA) is 97.6 Å². The number of rotatable bonds is 7. The van der Waals surface area contributed by atoms with Crippen LogP contribution < -0.4 is 10.9 Å². The predicted octanol–water partition coefficient (Wildman–Crippen LogP) is 1.65. The van der Waals surface area contributed by atoms with E-state index < -0.39 is 23.5 Å². The highest BCUT2D eigenvalue weighted by molar-refractivity contribution is 5.88. The maximum absolute atomic E-state index is 12.3. The van der Waals surface area contributed by atoms with Crippen LogP contribution in [0, 0.1) is 0 Å². The van der Waals surface area contributed by atoms with Crippen LogP contribution in [-0.4, -0.2) is 28.2 Å². The minimum absolute atomic E-state index is 0.0271. The molecule has 0 unspecified atom stereocenters. The Labute approximate surface area is 138 Å². The Hall–Kier alpha value is -2.93. The summed E-state index contributed by atoms with van der Waals surface area (Å²) >= 11 is 0. The van der Waals surface area contributed by atoms with Crippen LogP contribution in [0.1, 0.15) is 18.5 Å². The number of ether oxygens (including phenoxy) is 1. The van der Waals surface area contributed by atoms with Gasteiger partial charge >= 0.3 is 5.97 Å². The number of aromatic nitrogens is 1. The SMILES string of the molecule is CC(=O)Nc1cccn([C@H](COCc2ccccc2)C(=O)O)c1=O. The van der Waals surface area contributed by atoms with Gasteiger partial charge in [-0.25, -0.2) is 4.79 Å². The molecule has 0 saturated carbocycles. The number of pyridine rings is 1. The molecule has 7 nitrogen and oxygen atoms in total. The molecular weight excluding hydrogens is 312 g/mol. The minimum Gasteiger partial charge on any atom is -0.480 e. The van der Waals surface area contributed by atoms with Crippen molar-refractivity contribution in [1.29, 1.82) is 0 Å². The Morgan fingerprint density at radius 3 is 2.54 bits per heavy atom. The van der Waals surface area contributed by atoms with Crippen molar-refractivity contribution in [2.75, 3.05) is 11.9 Å². The average Bonchev–Trinajstić information content (AvgIpc) is 2.54. The van der Waals surface area contributed by atoms with E-state index in [4.69, 9.17) is 4.74 Å². The van der Waals surface area contributed by atoms with Crippen LogP contribution in [0.3, 0.4) is 0 Å². The van der Waals surface area contributed by atoms with Gasteiger partial charge in [-0.05, 0) is 17.7 Å². The fourth-order valence-electron chi connectivity index (χ4n) is 2.17. The number of hydrogen-bond acceptors (Lipinski definition) is 4. The standard InChI is InChI=1S/C17H18N2O5/c1-12(20)18-14-8-5-9-19(16(14)21)15(17(22)23)11-24-10-13-6-3-2-4-7-13/h2-9,15H,10-11H2,1H3,(H,18,20)(H,22,23)/t15-/m1/s1. The number of aliphatic carboxylic acids is 1. The Bertz CT molecular complexity index is 770. The van der Waals surface area contributed by atoms with Crippen molar-refractivity contribution in [3.8, 4) is 0 Å². The fraction of sp³-hybridized carbons (Fsp3) is 0.235. The lowest BCUT2D eigenvalue weighted by molar-refractivity contribution is -0.143. The van der Waals surface area contributed by atoms with Crippen molar-refractivity contribution in [1.82, 2.24) is 4.57 Å². The molecule has 1 aromatic heterocycles. The maximum atomic E-state index is 12.3. The van der Waals surface area contributed by atoms with Gasteiger partial charge < -0.3 is 15.2 Å². The molecule has 1 aromatic carbocycles. The van der Waals surface area contributed by atoms with Gasteiger partial charge in [-0.2, -0.15) is 0 Å². The number of benzene rings is 1. The third kappa shape index (κ3) is 4.53. The van der Waals surface area contributed by atoms with Crippen LogP contribution in [0.25, 0.3) is 0 Å². The summed E-state index contributed by atoms with van der Waals surface area (Å²) in [6, 6.07) is 11.0. The minimum atomic E-state index is -1.19. The van der Waals surface area contributed by atoms with E-state index in [9.17, 15) is 19.5 Å². The second-order valence-electron chi connectivity index (χ2n) is 5.17. The molecule has 0 radical (unpaired) electrons. The molecule has 24 heavy (non-hydrogen) atoms. The highest BCUT2D eigenvalue weighted by atomic mass is 16.5. The maximum Gasteiger partial charge on any atom is 0.329 e. The van der Waals surface area contributed by atoms with Crippen LogP contribution in [0.5, 0.6) is 0 Å². The molecule has 2 rings (SSSR count). The van der Waals surface area contributed by atoms with E-state index in [1.807, 2.05) is 30.3 Å². The summed E-state index contributed by atoms with van der Waals surface area (Å²) in [6.07, 6.45) is 1.36. The van der Waals surface area contributed by atoms with Gasteiger partial charge in [-0.3, -0.25) is 14.2 Å². The molecule has 1 amide bonds. The third-order valence-corrected chi connectivity index (χ3v) is 3.29. The van der Waals surface area contributed by atoms with Gasteiger partial charge in [-0.1, -0.05) is 30.3 Å². The third-order valence-electron chi connectivity index (χ3n) is 3.29. The van der Waals surface area contributed by atoms with Crippen molar-refractivity contribution in [2.24, 2.45) is 0 Å². The number of nitrogens with one attached hydrogen (secondary N) is 1. The molecule has 1 heterocycles. The lowest BCUT2D eigenvalue weighted by Gasteiger charge is -2.17. The van der Waals surface area contributed by atoms with Gasteiger partial charge in [0.05, 0.1) is 13.2 Å². The average molecular weight is 330 g/mol. The van der Waals surface area contributed by atoms with E-state index in [-0.39, 0.29) is 18.9 Å². The Morgan fingerprint density at radius 1 is 1.21 bits per heavy atom. The number of nitrogens with zero attached hydrogens (tertiary/aromatic N) is 1. The Balaban J connectivity index is 2.14. The number of hydrogen-bond donors (Lipinski definition) is 2. The summed E-state index contributed by atoms with van der Waals surface area (Å²) in [6.45, 7) is 1.34.